The molecule has 0 atom stereocenters. The Bertz CT molecular complexity index is 1450. The molecule has 4 aromatic rings. The number of halogens is 2. The number of rotatable bonds is 7. The summed E-state index contributed by atoms with van der Waals surface area (Å²) in [7, 11) is 0. The van der Waals surface area contributed by atoms with Gasteiger partial charge in [0.1, 0.15) is 0 Å². The lowest BCUT2D eigenvalue weighted by Crippen LogP contribution is -2.18. The van der Waals surface area contributed by atoms with E-state index >= 15 is 0 Å². The molecule has 0 aliphatic carbocycles. The number of amides is 3. The number of benzene rings is 4. The summed E-state index contributed by atoms with van der Waals surface area (Å²) in [6.45, 7) is 0. The fourth-order valence-corrected chi connectivity index (χ4v) is 3.62. The van der Waals surface area contributed by atoms with E-state index in [0.29, 0.717) is 21.4 Å². The Labute approximate surface area is 226 Å². The van der Waals surface area contributed by atoms with Gasteiger partial charge in [-0.2, -0.15) is 0 Å². The van der Waals surface area contributed by atoms with Crippen molar-refractivity contribution in [3.05, 3.63) is 128 Å². The van der Waals surface area contributed by atoms with Gasteiger partial charge in [-0.25, -0.2) is 0 Å². The molecule has 11 heteroatoms. The standard InChI is InChI=1S/C27H18Cl2N4O5/c28-19-3-7-21(8-4-19)30-26(35)17-13-18(27(36)31-22-9-5-20(29)6-10-22)15-23(14-17)32-25(34)16-1-11-24(12-2-16)33(37)38/h1-15H,(H,30,35)(H,31,36)(H,32,34). The van der Waals surface area contributed by atoms with Crippen molar-refractivity contribution in [3.8, 4) is 0 Å². The van der Waals surface area contributed by atoms with E-state index in [4.69, 9.17) is 23.2 Å². The number of non-ortho nitro benzene ring substituents is 1. The van der Waals surface area contributed by atoms with Gasteiger partial charge in [-0.15, -0.1) is 0 Å². The van der Waals surface area contributed by atoms with Crippen molar-refractivity contribution in [2.24, 2.45) is 0 Å². The van der Waals surface area contributed by atoms with Crippen LogP contribution >= 0.6 is 23.2 Å². The van der Waals surface area contributed by atoms with Crippen LogP contribution in [0.25, 0.3) is 0 Å². The van der Waals surface area contributed by atoms with Gasteiger partial charge in [-0.05, 0) is 78.9 Å². The summed E-state index contributed by atoms with van der Waals surface area (Å²) >= 11 is 11.8. The zero-order valence-corrected chi connectivity index (χ0v) is 20.9. The molecule has 0 bridgehead atoms. The summed E-state index contributed by atoms with van der Waals surface area (Å²) in [6, 6.07) is 22.2. The maximum absolute atomic E-state index is 13.0. The largest absolute Gasteiger partial charge is 0.322 e. The predicted molar refractivity (Wildman–Crippen MR) is 146 cm³/mol. The van der Waals surface area contributed by atoms with E-state index in [1.54, 1.807) is 48.5 Å². The van der Waals surface area contributed by atoms with E-state index in [-0.39, 0.29) is 28.1 Å². The Morgan fingerprint density at radius 2 is 0.947 bits per heavy atom. The highest BCUT2D eigenvalue weighted by Gasteiger charge is 2.16. The van der Waals surface area contributed by atoms with Gasteiger partial charge in [-0.3, -0.25) is 24.5 Å². The Balaban J connectivity index is 1.62. The quantitative estimate of drug-likeness (QED) is 0.175. The fourth-order valence-electron chi connectivity index (χ4n) is 3.37. The topological polar surface area (TPSA) is 130 Å². The van der Waals surface area contributed by atoms with Gasteiger partial charge < -0.3 is 16.0 Å². The lowest BCUT2D eigenvalue weighted by molar-refractivity contribution is -0.384. The molecule has 0 aliphatic heterocycles. The molecule has 4 rings (SSSR count). The molecule has 3 N–H and O–H groups in total. The van der Waals surface area contributed by atoms with Crippen molar-refractivity contribution in [1.82, 2.24) is 0 Å². The van der Waals surface area contributed by atoms with E-state index in [1.807, 2.05) is 0 Å². The van der Waals surface area contributed by atoms with E-state index < -0.39 is 22.6 Å². The van der Waals surface area contributed by atoms with E-state index in [9.17, 15) is 24.5 Å². The van der Waals surface area contributed by atoms with Gasteiger partial charge in [-0.1, -0.05) is 23.2 Å². The first-order valence-electron chi connectivity index (χ1n) is 11.0. The van der Waals surface area contributed by atoms with Crippen molar-refractivity contribution in [2.75, 3.05) is 16.0 Å². The molecule has 190 valence electrons. The average molecular weight is 549 g/mol. The number of nitrogens with zero attached hydrogens (tertiary/aromatic N) is 1. The molecular weight excluding hydrogens is 531 g/mol. The maximum Gasteiger partial charge on any atom is 0.269 e. The number of nitro benzene ring substituents is 1. The van der Waals surface area contributed by atoms with Crippen LogP contribution in [-0.2, 0) is 0 Å². The van der Waals surface area contributed by atoms with Crippen LogP contribution < -0.4 is 16.0 Å². The van der Waals surface area contributed by atoms with Crippen LogP contribution in [0, 0.1) is 10.1 Å². The molecule has 0 unspecified atom stereocenters. The third-order valence-corrected chi connectivity index (χ3v) is 5.76. The van der Waals surface area contributed by atoms with Crippen LogP contribution in [0.3, 0.4) is 0 Å². The highest BCUT2D eigenvalue weighted by Crippen LogP contribution is 2.22. The molecule has 0 aliphatic rings. The third-order valence-electron chi connectivity index (χ3n) is 5.26. The first kappa shape index (κ1) is 26.3. The van der Waals surface area contributed by atoms with Crippen molar-refractivity contribution in [2.45, 2.75) is 0 Å². The summed E-state index contributed by atoms with van der Waals surface area (Å²) in [4.78, 5) is 49.1. The molecule has 0 saturated heterocycles. The van der Waals surface area contributed by atoms with Crippen molar-refractivity contribution in [1.29, 1.82) is 0 Å². The second-order valence-corrected chi connectivity index (χ2v) is 8.85. The first-order chi connectivity index (χ1) is 18.2. The number of carbonyl (C=O) groups is 3. The summed E-state index contributed by atoms with van der Waals surface area (Å²) in [6.07, 6.45) is 0. The van der Waals surface area contributed by atoms with Gasteiger partial charge in [0.2, 0.25) is 0 Å². The Morgan fingerprint density at radius 3 is 1.37 bits per heavy atom. The van der Waals surface area contributed by atoms with Gasteiger partial charge >= 0.3 is 0 Å². The zero-order chi connectivity index (χ0) is 27.2. The minimum absolute atomic E-state index is 0.0997. The lowest BCUT2D eigenvalue weighted by atomic mass is 10.1. The number of carbonyl (C=O) groups excluding carboxylic acids is 3. The number of hydrogen-bond acceptors (Lipinski definition) is 5. The molecule has 3 amide bonds. The molecule has 0 fully saturated rings. The summed E-state index contributed by atoms with van der Waals surface area (Å²) in [5.74, 6) is -1.64. The minimum Gasteiger partial charge on any atom is -0.322 e. The number of nitrogens with one attached hydrogen (secondary N) is 3. The summed E-state index contributed by atoms with van der Waals surface area (Å²) in [5.41, 5.74) is 1.31. The second-order valence-electron chi connectivity index (χ2n) is 7.98. The Morgan fingerprint density at radius 1 is 0.553 bits per heavy atom. The van der Waals surface area contributed by atoms with Gasteiger partial charge in [0.25, 0.3) is 23.4 Å². The van der Waals surface area contributed by atoms with Gasteiger partial charge in [0, 0.05) is 55.9 Å². The Hall–Kier alpha value is -4.73. The lowest BCUT2D eigenvalue weighted by Gasteiger charge is -2.12. The molecule has 0 spiro atoms. The average Bonchev–Trinajstić information content (AvgIpc) is 2.91. The smallest absolute Gasteiger partial charge is 0.269 e. The monoisotopic (exact) mass is 548 g/mol. The summed E-state index contributed by atoms with van der Waals surface area (Å²) in [5, 5.41) is 20.0. The molecule has 9 nitrogen and oxygen atoms in total. The fraction of sp³-hybridized carbons (Fsp3) is 0. The highest BCUT2D eigenvalue weighted by atomic mass is 35.5. The number of nitro groups is 1. The minimum atomic E-state index is -0.584. The molecule has 0 aromatic heterocycles. The van der Waals surface area contributed by atoms with Crippen LogP contribution in [-0.4, -0.2) is 22.6 Å². The third kappa shape index (κ3) is 6.73. The normalized spacial score (nSPS) is 10.4. The van der Waals surface area contributed by atoms with Crippen LogP contribution in [0.2, 0.25) is 10.0 Å². The number of anilines is 3. The summed E-state index contributed by atoms with van der Waals surface area (Å²) < 4.78 is 0. The SMILES string of the molecule is O=C(Nc1cc(C(=O)Nc2ccc(Cl)cc2)cc(C(=O)Nc2ccc(Cl)cc2)c1)c1ccc([N+](=O)[O-])cc1. The molecule has 38 heavy (non-hydrogen) atoms. The number of hydrogen-bond donors (Lipinski definition) is 3. The molecule has 0 radical (unpaired) electrons. The molecular formula is C27H18Cl2N4O5. The molecule has 0 heterocycles. The van der Waals surface area contributed by atoms with Crippen LogP contribution in [0.1, 0.15) is 31.1 Å². The van der Waals surface area contributed by atoms with Crippen LogP contribution in [0.5, 0.6) is 0 Å². The van der Waals surface area contributed by atoms with Crippen LogP contribution in [0.4, 0.5) is 22.7 Å². The Kier molecular flexibility index (Phi) is 8.00. The first-order valence-corrected chi connectivity index (χ1v) is 11.8. The van der Waals surface area contributed by atoms with Crippen molar-refractivity contribution >= 4 is 63.7 Å². The zero-order valence-electron chi connectivity index (χ0n) is 19.4. The van der Waals surface area contributed by atoms with E-state index in [2.05, 4.69) is 16.0 Å². The molecule has 4 aromatic carbocycles. The van der Waals surface area contributed by atoms with Gasteiger partial charge in [0.15, 0.2) is 0 Å². The maximum atomic E-state index is 13.0. The van der Waals surface area contributed by atoms with Crippen LogP contribution in [0.15, 0.2) is 91.0 Å². The van der Waals surface area contributed by atoms with E-state index in [1.165, 1.54) is 42.5 Å². The second kappa shape index (κ2) is 11.5. The molecule has 0 saturated carbocycles. The predicted octanol–water partition coefficient (Wildman–Crippen LogP) is 6.66. The highest BCUT2D eigenvalue weighted by molar-refractivity contribution is 6.31. The van der Waals surface area contributed by atoms with Crippen molar-refractivity contribution in [3.63, 3.8) is 0 Å². The van der Waals surface area contributed by atoms with Crippen molar-refractivity contribution < 1.29 is 19.3 Å². The van der Waals surface area contributed by atoms with E-state index in [0.717, 1.165) is 0 Å². The van der Waals surface area contributed by atoms with Gasteiger partial charge in [0.05, 0.1) is 4.92 Å².